The molecule has 0 bridgehead atoms. The maximum atomic E-state index is 11.0. The van der Waals surface area contributed by atoms with Crippen LogP contribution in [0.3, 0.4) is 0 Å². The average molecular weight is 233 g/mol. The van der Waals surface area contributed by atoms with Crippen molar-refractivity contribution < 1.29 is 0 Å². The Kier molecular flexibility index (Phi) is 3.54. The molecule has 0 fully saturated rings. The SMILES string of the molecule is Cc1n[nH]c(=O)nc1NNC=C1CC=CCC1. The Balaban J connectivity index is 1.95. The summed E-state index contributed by atoms with van der Waals surface area (Å²) in [4.78, 5) is 14.8. The first kappa shape index (κ1) is 11.4. The highest BCUT2D eigenvalue weighted by Crippen LogP contribution is 2.15. The molecule has 1 aromatic heterocycles. The van der Waals surface area contributed by atoms with E-state index in [1.165, 1.54) is 5.57 Å². The van der Waals surface area contributed by atoms with Gasteiger partial charge in [0.25, 0.3) is 0 Å². The number of anilines is 1. The molecule has 6 heteroatoms. The maximum Gasteiger partial charge on any atom is 0.363 e. The monoisotopic (exact) mass is 233 g/mol. The lowest BCUT2D eigenvalue weighted by Crippen LogP contribution is -2.23. The molecule has 0 unspecified atom stereocenters. The fraction of sp³-hybridized carbons (Fsp3) is 0.364. The van der Waals surface area contributed by atoms with Gasteiger partial charge in [-0.1, -0.05) is 12.2 Å². The van der Waals surface area contributed by atoms with Crippen molar-refractivity contribution in [3.05, 3.63) is 40.1 Å². The number of rotatable bonds is 3. The summed E-state index contributed by atoms with van der Waals surface area (Å²) in [5, 5.41) is 6.08. The van der Waals surface area contributed by atoms with Crippen LogP contribution in [0, 0.1) is 6.92 Å². The molecular formula is C11H15N5O. The summed E-state index contributed by atoms with van der Waals surface area (Å²) in [7, 11) is 0. The number of hydrogen-bond acceptors (Lipinski definition) is 5. The van der Waals surface area contributed by atoms with E-state index in [4.69, 9.17) is 0 Å². The topological polar surface area (TPSA) is 82.7 Å². The predicted molar refractivity (Wildman–Crippen MR) is 65.2 cm³/mol. The number of nitrogens with zero attached hydrogens (tertiary/aromatic N) is 2. The predicted octanol–water partition coefficient (Wildman–Crippen LogP) is 1.01. The van der Waals surface area contributed by atoms with E-state index in [0.717, 1.165) is 19.3 Å². The first-order valence-corrected chi connectivity index (χ1v) is 5.53. The molecule has 17 heavy (non-hydrogen) atoms. The number of nitrogens with one attached hydrogen (secondary N) is 3. The Labute approximate surface area is 98.8 Å². The Hall–Kier alpha value is -2.11. The van der Waals surface area contributed by atoms with Crippen LogP contribution in [-0.4, -0.2) is 15.2 Å². The van der Waals surface area contributed by atoms with Gasteiger partial charge in [-0.15, -0.1) is 0 Å². The molecule has 1 aromatic rings. The smallest absolute Gasteiger partial charge is 0.307 e. The van der Waals surface area contributed by atoms with E-state index in [1.54, 1.807) is 6.92 Å². The normalized spacial score (nSPS) is 17.1. The summed E-state index contributed by atoms with van der Waals surface area (Å²) in [5.74, 6) is 0.442. The van der Waals surface area contributed by atoms with Crippen molar-refractivity contribution in [2.75, 3.05) is 5.43 Å². The molecule has 0 spiro atoms. The number of hydrazine groups is 1. The zero-order chi connectivity index (χ0) is 12.1. The fourth-order valence-electron chi connectivity index (χ4n) is 1.57. The lowest BCUT2D eigenvalue weighted by molar-refractivity contribution is 0.847. The Morgan fingerprint density at radius 2 is 2.35 bits per heavy atom. The summed E-state index contributed by atoms with van der Waals surface area (Å²) in [6, 6.07) is 0. The van der Waals surface area contributed by atoms with Crippen LogP contribution in [0.15, 0.2) is 28.7 Å². The van der Waals surface area contributed by atoms with E-state index in [0.29, 0.717) is 11.5 Å². The van der Waals surface area contributed by atoms with Crippen LogP contribution >= 0.6 is 0 Å². The van der Waals surface area contributed by atoms with Crippen molar-refractivity contribution in [2.24, 2.45) is 0 Å². The molecule has 0 amide bonds. The van der Waals surface area contributed by atoms with Crippen LogP contribution in [0.1, 0.15) is 25.0 Å². The Bertz CT molecular complexity index is 503. The van der Waals surface area contributed by atoms with E-state index in [2.05, 4.69) is 38.2 Å². The van der Waals surface area contributed by atoms with E-state index in [-0.39, 0.29) is 0 Å². The number of aryl methyl sites for hydroxylation is 1. The minimum atomic E-state index is -0.465. The van der Waals surface area contributed by atoms with Gasteiger partial charge in [0, 0.05) is 6.20 Å². The first-order valence-electron chi connectivity index (χ1n) is 5.53. The van der Waals surface area contributed by atoms with Gasteiger partial charge in [0.1, 0.15) is 5.69 Å². The quantitative estimate of drug-likeness (QED) is 0.536. The standard InChI is InChI=1S/C11H15N5O/c1-8-10(13-11(17)16-14-8)15-12-7-9-5-3-2-4-6-9/h2-3,7,12H,4-6H2,1H3,(H2,13,15,16,17). The summed E-state index contributed by atoms with van der Waals surface area (Å²) in [5.41, 5.74) is 7.28. The zero-order valence-corrected chi connectivity index (χ0v) is 9.66. The van der Waals surface area contributed by atoms with Gasteiger partial charge in [-0.05, 0) is 31.8 Å². The third kappa shape index (κ3) is 3.17. The van der Waals surface area contributed by atoms with Crippen molar-refractivity contribution in [1.29, 1.82) is 0 Å². The molecule has 6 nitrogen and oxygen atoms in total. The van der Waals surface area contributed by atoms with Crippen molar-refractivity contribution in [3.8, 4) is 0 Å². The number of H-pyrrole nitrogens is 1. The van der Waals surface area contributed by atoms with Gasteiger partial charge in [0.05, 0.1) is 0 Å². The van der Waals surface area contributed by atoms with Crippen LogP contribution in [-0.2, 0) is 0 Å². The largest absolute Gasteiger partial charge is 0.363 e. The molecule has 1 aliphatic rings. The molecule has 0 aromatic carbocycles. The third-order valence-corrected chi connectivity index (χ3v) is 2.52. The molecule has 3 N–H and O–H groups in total. The van der Waals surface area contributed by atoms with Gasteiger partial charge in [0.15, 0.2) is 5.82 Å². The van der Waals surface area contributed by atoms with Crippen LogP contribution in [0.2, 0.25) is 0 Å². The second-order valence-corrected chi connectivity index (χ2v) is 3.86. The van der Waals surface area contributed by atoms with Gasteiger partial charge in [-0.3, -0.25) is 5.43 Å². The van der Waals surface area contributed by atoms with Crippen LogP contribution in [0.5, 0.6) is 0 Å². The van der Waals surface area contributed by atoms with E-state index < -0.39 is 5.69 Å². The minimum absolute atomic E-state index is 0.442. The number of hydrogen-bond donors (Lipinski definition) is 3. The average Bonchev–Trinajstić information content (AvgIpc) is 2.35. The molecule has 1 heterocycles. The summed E-state index contributed by atoms with van der Waals surface area (Å²) < 4.78 is 0. The fourth-order valence-corrected chi connectivity index (χ4v) is 1.57. The molecule has 0 saturated carbocycles. The third-order valence-electron chi connectivity index (χ3n) is 2.52. The molecule has 90 valence electrons. The number of aromatic nitrogens is 3. The van der Waals surface area contributed by atoms with Gasteiger partial charge >= 0.3 is 5.69 Å². The van der Waals surface area contributed by atoms with Crippen molar-refractivity contribution in [1.82, 2.24) is 20.6 Å². The Morgan fingerprint density at radius 3 is 3.12 bits per heavy atom. The lowest BCUT2D eigenvalue weighted by atomic mass is 10.0. The number of allylic oxidation sites excluding steroid dienone is 3. The van der Waals surface area contributed by atoms with Crippen molar-refractivity contribution >= 4 is 5.82 Å². The molecule has 0 saturated heterocycles. The van der Waals surface area contributed by atoms with Gasteiger partial charge < -0.3 is 5.43 Å². The van der Waals surface area contributed by atoms with E-state index in [1.807, 2.05) is 6.20 Å². The zero-order valence-electron chi connectivity index (χ0n) is 9.66. The molecular weight excluding hydrogens is 218 g/mol. The molecule has 0 atom stereocenters. The van der Waals surface area contributed by atoms with Gasteiger partial charge in [-0.25, -0.2) is 9.89 Å². The number of aromatic amines is 1. The molecule has 1 aliphatic carbocycles. The van der Waals surface area contributed by atoms with Crippen LogP contribution in [0.4, 0.5) is 5.82 Å². The van der Waals surface area contributed by atoms with Crippen LogP contribution in [0.25, 0.3) is 0 Å². The lowest BCUT2D eigenvalue weighted by Gasteiger charge is -2.10. The summed E-state index contributed by atoms with van der Waals surface area (Å²) in [6.45, 7) is 1.77. The summed E-state index contributed by atoms with van der Waals surface area (Å²) >= 11 is 0. The highest BCUT2D eigenvalue weighted by molar-refractivity contribution is 5.36. The van der Waals surface area contributed by atoms with Crippen molar-refractivity contribution in [2.45, 2.75) is 26.2 Å². The molecule has 0 radical (unpaired) electrons. The van der Waals surface area contributed by atoms with E-state index >= 15 is 0 Å². The minimum Gasteiger partial charge on any atom is -0.307 e. The first-order chi connectivity index (χ1) is 8.25. The second kappa shape index (κ2) is 5.29. The summed E-state index contributed by atoms with van der Waals surface area (Å²) in [6.07, 6.45) is 9.34. The van der Waals surface area contributed by atoms with Gasteiger partial charge in [0.2, 0.25) is 0 Å². The van der Waals surface area contributed by atoms with Crippen LogP contribution < -0.4 is 16.5 Å². The molecule has 0 aliphatic heterocycles. The second-order valence-electron chi connectivity index (χ2n) is 3.86. The highest BCUT2D eigenvalue weighted by atomic mass is 16.1. The van der Waals surface area contributed by atoms with Crippen molar-refractivity contribution in [3.63, 3.8) is 0 Å². The molecule has 2 rings (SSSR count). The Morgan fingerprint density at radius 1 is 1.47 bits per heavy atom. The van der Waals surface area contributed by atoms with Gasteiger partial charge in [-0.2, -0.15) is 10.1 Å². The maximum absolute atomic E-state index is 11.0. The highest BCUT2D eigenvalue weighted by Gasteiger charge is 2.01. The van der Waals surface area contributed by atoms with E-state index in [9.17, 15) is 4.79 Å².